The number of hydrogen-bond acceptors (Lipinski definition) is 2. The zero-order chi connectivity index (χ0) is 18.6. The predicted molar refractivity (Wildman–Crippen MR) is 103 cm³/mol. The first kappa shape index (κ1) is 19.0. The monoisotopic (exact) mass is 339 g/mol. The molecule has 0 unspecified atom stereocenters. The Hall–Kier alpha value is -2.29. The lowest BCUT2D eigenvalue weighted by Crippen LogP contribution is -2.39. The van der Waals surface area contributed by atoms with E-state index in [2.05, 4.69) is 38.2 Å². The number of rotatable bonds is 6. The highest BCUT2D eigenvalue weighted by Gasteiger charge is 2.21. The molecule has 0 radical (unpaired) electrons. The Kier molecular flexibility index (Phi) is 6.24. The first-order chi connectivity index (χ1) is 11.8. The first-order valence-corrected chi connectivity index (χ1v) is 8.93. The van der Waals surface area contributed by atoms with E-state index in [0.29, 0.717) is 6.42 Å². The van der Waals surface area contributed by atoms with Crippen LogP contribution < -0.4 is 10.1 Å². The average molecular weight is 339 g/mol. The summed E-state index contributed by atoms with van der Waals surface area (Å²) in [5.41, 5.74) is 6.03. The molecule has 1 amide bonds. The fourth-order valence-electron chi connectivity index (χ4n) is 2.94. The lowest BCUT2D eigenvalue weighted by Gasteiger charge is -2.22. The molecule has 0 aliphatic carbocycles. The lowest BCUT2D eigenvalue weighted by molar-refractivity contribution is -0.128. The van der Waals surface area contributed by atoms with Gasteiger partial charge in [-0.1, -0.05) is 36.8 Å². The van der Waals surface area contributed by atoms with Crippen molar-refractivity contribution < 1.29 is 9.53 Å². The molecule has 0 aliphatic rings. The van der Waals surface area contributed by atoms with Gasteiger partial charge in [0, 0.05) is 0 Å². The third-order valence-corrected chi connectivity index (χ3v) is 4.67. The Morgan fingerprint density at radius 2 is 1.60 bits per heavy atom. The van der Waals surface area contributed by atoms with Crippen molar-refractivity contribution >= 4 is 5.91 Å². The predicted octanol–water partition coefficient (Wildman–Crippen LogP) is 4.96. The van der Waals surface area contributed by atoms with Crippen molar-refractivity contribution in [2.24, 2.45) is 0 Å². The number of ether oxygens (including phenoxy) is 1. The van der Waals surface area contributed by atoms with Gasteiger partial charge in [0.2, 0.25) is 0 Å². The van der Waals surface area contributed by atoms with E-state index in [0.717, 1.165) is 11.3 Å². The second-order valence-corrected chi connectivity index (χ2v) is 6.85. The number of carbonyl (C=O) groups is 1. The van der Waals surface area contributed by atoms with Crippen LogP contribution in [-0.2, 0) is 4.79 Å². The van der Waals surface area contributed by atoms with E-state index in [-0.39, 0.29) is 11.9 Å². The van der Waals surface area contributed by atoms with Crippen molar-refractivity contribution in [1.82, 2.24) is 5.32 Å². The molecule has 2 aromatic carbocycles. The molecule has 3 heteroatoms. The third-order valence-electron chi connectivity index (χ3n) is 4.67. The van der Waals surface area contributed by atoms with Gasteiger partial charge in [0.15, 0.2) is 6.10 Å². The SMILES string of the molecule is CC[C@@H](Oc1ccc(C)cc1)C(=O)N[C@@H](C)c1cc(C)c(C)cc1C. The molecular weight excluding hydrogens is 310 g/mol. The lowest BCUT2D eigenvalue weighted by atomic mass is 9.96. The number of amides is 1. The fourth-order valence-corrected chi connectivity index (χ4v) is 2.94. The molecule has 0 saturated carbocycles. The van der Waals surface area contributed by atoms with Crippen LogP contribution in [0.3, 0.4) is 0 Å². The van der Waals surface area contributed by atoms with Gasteiger partial charge in [0.05, 0.1) is 6.04 Å². The van der Waals surface area contributed by atoms with E-state index in [1.54, 1.807) is 0 Å². The van der Waals surface area contributed by atoms with Crippen molar-refractivity contribution in [2.75, 3.05) is 0 Å². The molecule has 0 spiro atoms. The molecule has 1 N–H and O–H groups in total. The van der Waals surface area contributed by atoms with Gasteiger partial charge in [0.1, 0.15) is 5.75 Å². The fraction of sp³-hybridized carbons (Fsp3) is 0.409. The molecule has 2 atom stereocenters. The topological polar surface area (TPSA) is 38.3 Å². The van der Waals surface area contributed by atoms with E-state index in [1.807, 2.05) is 45.0 Å². The second kappa shape index (κ2) is 8.19. The van der Waals surface area contributed by atoms with E-state index >= 15 is 0 Å². The molecule has 25 heavy (non-hydrogen) atoms. The van der Waals surface area contributed by atoms with Crippen LogP contribution in [0.5, 0.6) is 5.75 Å². The minimum Gasteiger partial charge on any atom is -0.481 e. The maximum Gasteiger partial charge on any atom is 0.261 e. The van der Waals surface area contributed by atoms with Crippen LogP contribution >= 0.6 is 0 Å². The first-order valence-electron chi connectivity index (χ1n) is 8.93. The molecular formula is C22H29NO2. The van der Waals surface area contributed by atoms with Crippen LogP contribution in [0.25, 0.3) is 0 Å². The zero-order valence-electron chi connectivity index (χ0n) is 16.1. The standard InChI is InChI=1S/C22H29NO2/c1-7-21(25-19-10-8-14(2)9-11-19)22(24)23-18(6)20-13-16(4)15(3)12-17(20)5/h8-13,18,21H,7H2,1-6H3,(H,23,24)/t18-,21+/m0/s1. The van der Waals surface area contributed by atoms with Crippen molar-refractivity contribution in [3.63, 3.8) is 0 Å². The molecule has 0 aliphatic heterocycles. The highest BCUT2D eigenvalue weighted by atomic mass is 16.5. The smallest absolute Gasteiger partial charge is 0.261 e. The summed E-state index contributed by atoms with van der Waals surface area (Å²) < 4.78 is 5.88. The Labute approximate surface area is 151 Å². The number of hydrogen-bond donors (Lipinski definition) is 1. The van der Waals surface area contributed by atoms with Crippen LogP contribution in [0, 0.1) is 27.7 Å². The van der Waals surface area contributed by atoms with E-state index in [4.69, 9.17) is 4.74 Å². The summed E-state index contributed by atoms with van der Waals surface area (Å²) in [6, 6.07) is 12.1. The van der Waals surface area contributed by atoms with E-state index in [9.17, 15) is 4.79 Å². The molecule has 3 nitrogen and oxygen atoms in total. The van der Waals surface area contributed by atoms with Gasteiger partial charge in [-0.3, -0.25) is 4.79 Å². The van der Waals surface area contributed by atoms with Crippen LogP contribution in [0.15, 0.2) is 36.4 Å². The summed E-state index contributed by atoms with van der Waals surface area (Å²) >= 11 is 0. The minimum absolute atomic E-state index is 0.0533. The highest BCUT2D eigenvalue weighted by molar-refractivity contribution is 5.81. The number of nitrogens with one attached hydrogen (secondary N) is 1. The van der Waals surface area contributed by atoms with Crippen molar-refractivity contribution in [1.29, 1.82) is 0 Å². The minimum atomic E-state index is -0.489. The third kappa shape index (κ3) is 4.85. The maximum atomic E-state index is 12.7. The van der Waals surface area contributed by atoms with Gasteiger partial charge < -0.3 is 10.1 Å². The Morgan fingerprint density at radius 1 is 1.00 bits per heavy atom. The summed E-state index contributed by atoms with van der Waals surface area (Å²) in [4.78, 5) is 12.7. The average Bonchev–Trinajstić information content (AvgIpc) is 2.57. The van der Waals surface area contributed by atoms with Crippen molar-refractivity contribution in [3.8, 4) is 5.75 Å². The van der Waals surface area contributed by atoms with Gasteiger partial charge in [-0.05, 0) is 75.4 Å². The van der Waals surface area contributed by atoms with Crippen LogP contribution in [-0.4, -0.2) is 12.0 Å². The molecule has 0 heterocycles. The van der Waals surface area contributed by atoms with Gasteiger partial charge in [-0.15, -0.1) is 0 Å². The van der Waals surface area contributed by atoms with Crippen LogP contribution in [0.2, 0.25) is 0 Å². The van der Waals surface area contributed by atoms with E-state index < -0.39 is 6.10 Å². The van der Waals surface area contributed by atoms with Crippen LogP contribution in [0.1, 0.15) is 54.1 Å². The van der Waals surface area contributed by atoms with Crippen molar-refractivity contribution in [2.45, 2.75) is 60.1 Å². The normalized spacial score (nSPS) is 13.2. The number of aryl methyl sites for hydroxylation is 4. The van der Waals surface area contributed by atoms with Gasteiger partial charge in [-0.2, -0.15) is 0 Å². The van der Waals surface area contributed by atoms with Gasteiger partial charge in [0.25, 0.3) is 5.91 Å². The summed E-state index contributed by atoms with van der Waals surface area (Å²) in [5, 5.41) is 3.10. The Bertz CT molecular complexity index is 734. The zero-order valence-corrected chi connectivity index (χ0v) is 16.1. The number of benzene rings is 2. The number of carbonyl (C=O) groups excluding carboxylic acids is 1. The molecule has 2 rings (SSSR count). The molecule has 2 aromatic rings. The van der Waals surface area contributed by atoms with E-state index in [1.165, 1.54) is 22.3 Å². The largest absolute Gasteiger partial charge is 0.481 e. The second-order valence-electron chi connectivity index (χ2n) is 6.85. The van der Waals surface area contributed by atoms with Crippen LogP contribution in [0.4, 0.5) is 0 Å². The summed E-state index contributed by atoms with van der Waals surface area (Å²) in [5.74, 6) is 0.649. The Morgan fingerprint density at radius 3 is 2.20 bits per heavy atom. The van der Waals surface area contributed by atoms with Gasteiger partial charge in [-0.25, -0.2) is 0 Å². The summed E-state index contributed by atoms with van der Waals surface area (Å²) in [6.07, 6.45) is 0.134. The molecule has 0 fully saturated rings. The molecule has 0 aromatic heterocycles. The molecule has 0 saturated heterocycles. The highest BCUT2D eigenvalue weighted by Crippen LogP contribution is 2.22. The van der Waals surface area contributed by atoms with Gasteiger partial charge >= 0.3 is 0 Å². The quantitative estimate of drug-likeness (QED) is 0.808. The summed E-state index contributed by atoms with van der Waals surface area (Å²) in [6.45, 7) is 12.3. The Balaban J connectivity index is 2.08. The molecule has 0 bridgehead atoms. The maximum absolute atomic E-state index is 12.7. The summed E-state index contributed by atoms with van der Waals surface area (Å²) in [7, 11) is 0. The molecule has 134 valence electrons. The van der Waals surface area contributed by atoms with Crippen molar-refractivity contribution in [3.05, 3.63) is 64.2 Å².